The highest BCUT2D eigenvalue weighted by Crippen LogP contribution is 2.51. The molecule has 0 bridgehead atoms. The molecule has 2 aliphatic heterocycles. The molecule has 2 aliphatic carbocycles. The van der Waals surface area contributed by atoms with E-state index < -0.39 is 5.79 Å². The van der Waals surface area contributed by atoms with Gasteiger partial charge in [-0.15, -0.1) is 10.2 Å². The minimum atomic E-state index is -0.418. The van der Waals surface area contributed by atoms with Gasteiger partial charge < -0.3 is 19.1 Å². The van der Waals surface area contributed by atoms with Crippen LogP contribution in [0.2, 0.25) is 0 Å². The van der Waals surface area contributed by atoms with Crippen molar-refractivity contribution >= 4 is 5.82 Å². The first-order valence-electron chi connectivity index (χ1n) is 15.4. The van der Waals surface area contributed by atoms with Gasteiger partial charge in [0.2, 0.25) is 0 Å². The van der Waals surface area contributed by atoms with Gasteiger partial charge in [-0.05, 0) is 49.3 Å². The smallest absolute Gasteiger partial charge is 0.282 e. The first-order chi connectivity index (χ1) is 20.8. The molecule has 2 saturated carbocycles. The van der Waals surface area contributed by atoms with Crippen molar-refractivity contribution in [2.45, 2.75) is 63.7 Å². The lowest BCUT2D eigenvalue weighted by molar-refractivity contribution is -0.282. The fourth-order valence-electron chi connectivity index (χ4n) is 7.74. The molecule has 2 saturated heterocycles. The standard InChI is InChI=1S/C32H40FN7O3/c1-20(2)28(22-12-32(13-22,41-3)42-4)40-16-31(17-40)9-10-39(15-31)29-30(38-37-19-36-29)43-26-8-7-23(33)11-24(26)25-14-34-18-35-27(25)21-5-6-21/h7-8,11,14,18-22,28H,5-6,9-10,12-13,15-17H2,1-4H3/t28-/m0/s1. The van der Waals surface area contributed by atoms with Crippen LogP contribution < -0.4 is 9.64 Å². The second-order valence-corrected chi connectivity index (χ2v) is 13.2. The molecular formula is C32H40FN7O3. The maximum Gasteiger partial charge on any atom is 0.282 e. The number of halogens is 1. The molecule has 1 atom stereocenters. The van der Waals surface area contributed by atoms with Gasteiger partial charge in [-0.2, -0.15) is 0 Å². The van der Waals surface area contributed by atoms with Crippen LogP contribution >= 0.6 is 0 Å². The number of anilines is 1. The molecule has 11 heteroatoms. The third kappa shape index (κ3) is 5.25. The van der Waals surface area contributed by atoms with Gasteiger partial charge >= 0.3 is 0 Å². The summed E-state index contributed by atoms with van der Waals surface area (Å²) in [5.74, 6) is 2.19. The number of methoxy groups -OCH3 is 2. The van der Waals surface area contributed by atoms with Gasteiger partial charge in [0.05, 0.1) is 5.69 Å². The number of hydrogen-bond donors (Lipinski definition) is 0. The number of rotatable bonds is 10. The number of ether oxygens (including phenoxy) is 3. The topological polar surface area (TPSA) is 98.6 Å². The first kappa shape index (κ1) is 28.5. The fourth-order valence-corrected chi connectivity index (χ4v) is 7.74. The van der Waals surface area contributed by atoms with E-state index in [-0.39, 0.29) is 11.2 Å². The highest BCUT2D eigenvalue weighted by atomic mass is 19.1. The summed E-state index contributed by atoms with van der Waals surface area (Å²) in [4.78, 5) is 18.3. The van der Waals surface area contributed by atoms with Crippen molar-refractivity contribution in [1.82, 2.24) is 30.0 Å². The Hall–Kier alpha value is -3.28. The van der Waals surface area contributed by atoms with E-state index >= 15 is 0 Å². The zero-order valence-corrected chi connectivity index (χ0v) is 25.4. The number of benzene rings is 1. The lowest BCUT2D eigenvalue weighted by Crippen LogP contribution is -2.66. The van der Waals surface area contributed by atoms with Crippen molar-refractivity contribution in [1.29, 1.82) is 0 Å². The Balaban J connectivity index is 1.07. The first-order valence-corrected chi connectivity index (χ1v) is 15.4. The van der Waals surface area contributed by atoms with Crippen LogP contribution in [0.15, 0.2) is 37.1 Å². The summed E-state index contributed by atoms with van der Waals surface area (Å²) in [7, 11) is 3.49. The van der Waals surface area contributed by atoms with Gasteiger partial charge in [-0.3, -0.25) is 4.90 Å². The van der Waals surface area contributed by atoms with Crippen LogP contribution in [-0.4, -0.2) is 82.3 Å². The van der Waals surface area contributed by atoms with Crippen LogP contribution in [0.25, 0.3) is 11.1 Å². The normalized spacial score (nSPS) is 22.0. The van der Waals surface area contributed by atoms with Crippen molar-refractivity contribution in [3.8, 4) is 22.8 Å². The molecule has 1 aromatic carbocycles. The highest BCUT2D eigenvalue weighted by Gasteiger charge is 2.56. The summed E-state index contributed by atoms with van der Waals surface area (Å²) in [5, 5.41) is 8.37. The second-order valence-electron chi connectivity index (χ2n) is 13.2. The molecule has 43 heavy (non-hydrogen) atoms. The van der Waals surface area contributed by atoms with Gasteiger partial charge in [0, 0.05) is 87.9 Å². The number of aromatic nitrogens is 5. The highest BCUT2D eigenvalue weighted by molar-refractivity contribution is 5.73. The minimum absolute atomic E-state index is 0.209. The van der Waals surface area contributed by atoms with E-state index in [1.54, 1.807) is 32.8 Å². The third-order valence-corrected chi connectivity index (χ3v) is 10.0. The van der Waals surface area contributed by atoms with Crippen molar-refractivity contribution in [2.75, 3.05) is 45.3 Å². The van der Waals surface area contributed by atoms with Gasteiger partial charge in [0.15, 0.2) is 11.6 Å². The molecule has 3 aromatic rings. The van der Waals surface area contributed by atoms with Gasteiger partial charge in [0.1, 0.15) is 24.2 Å². The molecule has 0 amide bonds. The molecule has 1 spiro atoms. The Morgan fingerprint density at radius 3 is 2.51 bits per heavy atom. The number of nitrogens with zero attached hydrogens (tertiary/aromatic N) is 7. The van der Waals surface area contributed by atoms with Crippen molar-refractivity contribution < 1.29 is 18.6 Å². The molecule has 0 unspecified atom stereocenters. The molecule has 2 aromatic heterocycles. The minimum Gasteiger partial charge on any atom is -0.434 e. The van der Waals surface area contributed by atoms with Crippen molar-refractivity contribution in [2.24, 2.45) is 17.3 Å². The summed E-state index contributed by atoms with van der Waals surface area (Å²) in [6, 6.07) is 5.02. The quantitative estimate of drug-likeness (QED) is 0.298. The van der Waals surface area contributed by atoms with Crippen molar-refractivity contribution in [3.05, 3.63) is 48.6 Å². The Kier molecular flexibility index (Phi) is 7.30. The molecule has 4 fully saturated rings. The predicted molar refractivity (Wildman–Crippen MR) is 158 cm³/mol. The molecule has 0 radical (unpaired) electrons. The van der Waals surface area contributed by atoms with E-state index in [2.05, 4.69) is 48.8 Å². The van der Waals surface area contributed by atoms with E-state index in [9.17, 15) is 4.39 Å². The number of hydrogen-bond acceptors (Lipinski definition) is 10. The molecule has 10 nitrogen and oxygen atoms in total. The average Bonchev–Trinajstić information content (AvgIpc) is 3.73. The summed E-state index contributed by atoms with van der Waals surface area (Å²) in [6.07, 6.45) is 9.85. The third-order valence-electron chi connectivity index (χ3n) is 10.0. The van der Waals surface area contributed by atoms with Crippen LogP contribution in [0, 0.1) is 23.1 Å². The zero-order valence-electron chi connectivity index (χ0n) is 25.4. The summed E-state index contributed by atoms with van der Waals surface area (Å²) >= 11 is 0. The van der Waals surface area contributed by atoms with E-state index in [0.717, 1.165) is 69.5 Å². The molecular weight excluding hydrogens is 549 g/mol. The molecule has 4 aliphatic rings. The predicted octanol–water partition coefficient (Wildman–Crippen LogP) is 5.07. The SMILES string of the molecule is COC1(OC)CC([C@H](C(C)C)N2CC3(CCN(c4ncnnc4Oc4ccc(F)cc4-c4cncnc4C4CC4)C3)C2)C1. The molecule has 4 heterocycles. The number of likely N-dealkylation sites (tertiary alicyclic amines) is 1. The van der Waals surface area contributed by atoms with Gasteiger partial charge in [-0.1, -0.05) is 13.8 Å². The molecule has 228 valence electrons. The zero-order chi connectivity index (χ0) is 29.8. The van der Waals surface area contributed by atoms with Crippen molar-refractivity contribution in [3.63, 3.8) is 0 Å². The summed E-state index contributed by atoms with van der Waals surface area (Å²) in [6.45, 7) is 8.51. The van der Waals surface area contributed by atoms with E-state index in [0.29, 0.717) is 46.8 Å². The lowest BCUT2D eigenvalue weighted by Gasteiger charge is -2.58. The maximum absolute atomic E-state index is 14.5. The van der Waals surface area contributed by atoms with E-state index in [4.69, 9.17) is 14.2 Å². The molecule has 7 rings (SSSR count). The Morgan fingerprint density at radius 2 is 1.79 bits per heavy atom. The second kappa shape index (κ2) is 11.0. The Bertz CT molecular complexity index is 1470. The van der Waals surface area contributed by atoms with Gasteiger partial charge in [0.25, 0.3) is 5.88 Å². The Morgan fingerprint density at radius 1 is 1.00 bits per heavy atom. The van der Waals surface area contributed by atoms with Crippen LogP contribution in [0.4, 0.5) is 10.2 Å². The lowest BCUT2D eigenvalue weighted by atomic mass is 9.67. The summed E-state index contributed by atoms with van der Waals surface area (Å²) < 4.78 is 32.3. The van der Waals surface area contributed by atoms with Crippen LogP contribution in [0.1, 0.15) is 57.6 Å². The fraction of sp³-hybridized carbons (Fsp3) is 0.594. The van der Waals surface area contributed by atoms with Crippen LogP contribution in [0.5, 0.6) is 11.6 Å². The maximum atomic E-state index is 14.5. The monoisotopic (exact) mass is 589 g/mol. The van der Waals surface area contributed by atoms with E-state index in [1.165, 1.54) is 18.5 Å². The van der Waals surface area contributed by atoms with Crippen LogP contribution in [0.3, 0.4) is 0 Å². The van der Waals surface area contributed by atoms with Gasteiger partial charge in [-0.25, -0.2) is 19.3 Å². The Labute approximate surface area is 252 Å². The van der Waals surface area contributed by atoms with E-state index in [1.807, 2.05) is 0 Å². The molecule has 0 N–H and O–H groups in total. The average molecular weight is 590 g/mol. The summed E-state index contributed by atoms with van der Waals surface area (Å²) in [5.41, 5.74) is 2.52. The largest absolute Gasteiger partial charge is 0.434 e. The van der Waals surface area contributed by atoms with Crippen LogP contribution in [-0.2, 0) is 9.47 Å².